The highest BCUT2D eigenvalue weighted by atomic mass is 32.1. The summed E-state index contributed by atoms with van der Waals surface area (Å²) in [6.07, 6.45) is 2.50. The van der Waals surface area contributed by atoms with E-state index < -0.39 is 0 Å². The van der Waals surface area contributed by atoms with E-state index in [-0.39, 0.29) is 0 Å². The maximum Gasteiger partial charge on any atom is 0.191 e. The number of nitrogens with zero attached hydrogens (tertiary/aromatic N) is 2. The minimum absolute atomic E-state index is 0.324. The lowest BCUT2D eigenvalue weighted by Gasteiger charge is -2.39. The van der Waals surface area contributed by atoms with E-state index in [9.17, 15) is 0 Å². The Morgan fingerprint density at radius 3 is 2.83 bits per heavy atom. The topological polar surface area (TPSA) is 48.9 Å². The van der Waals surface area contributed by atoms with E-state index in [4.69, 9.17) is 4.74 Å². The lowest BCUT2D eigenvalue weighted by Crippen LogP contribution is -2.45. The second kappa shape index (κ2) is 10.6. The maximum atomic E-state index is 5.51. The van der Waals surface area contributed by atoms with Gasteiger partial charge in [-0.2, -0.15) is 0 Å². The average Bonchev–Trinajstić information content (AvgIpc) is 3.28. The van der Waals surface area contributed by atoms with Crippen LogP contribution in [0.1, 0.15) is 42.2 Å². The Morgan fingerprint density at radius 1 is 1.28 bits per heavy atom. The summed E-state index contributed by atoms with van der Waals surface area (Å²) in [5.74, 6) is 2.71. The van der Waals surface area contributed by atoms with Crippen LogP contribution >= 0.6 is 11.3 Å². The molecule has 1 aliphatic heterocycles. The number of para-hydroxylation sites is 1. The predicted octanol–water partition coefficient (Wildman–Crippen LogP) is 4.11. The third-order valence-electron chi connectivity index (χ3n) is 5.84. The van der Waals surface area contributed by atoms with Crippen molar-refractivity contribution in [2.75, 3.05) is 40.8 Å². The number of methoxy groups -OCH3 is 1. The largest absolute Gasteiger partial charge is 0.496 e. The van der Waals surface area contributed by atoms with Crippen molar-refractivity contribution >= 4 is 17.3 Å². The van der Waals surface area contributed by atoms with Crippen LogP contribution in [0, 0.1) is 5.92 Å². The molecule has 1 aliphatic rings. The summed E-state index contributed by atoms with van der Waals surface area (Å²) in [4.78, 5) is 8.41. The molecule has 3 rings (SSSR count). The number of thiophene rings is 1. The Kier molecular flexibility index (Phi) is 7.95. The molecule has 6 heteroatoms. The summed E-state index contributed by atoms with van der Waals surface area (Å²) < 4.78 is 5.51. The Labute approximate surface area is 179 Å². The molecule has 1 aromatic heterocycles. The molecule has 29 heavy (non-hydrogen) atoms. The van der Waals surface area contributed by atoms with E-state index in [2.05, 4.69) is 64.1 Å². The fourth-order valence-electron chi connectivity index (χ4n) is 4.26. The van der Waals surface area contributed by atoms with Crippen LogP contribution in [0.3, 0.4) is 0 Å². The maximum absolute atomic E-state index is 5.51. The van der Waals surface area contributed by atoms with Gasteiger partial charge in [0.2, 0.25) is 0 Å². The van der Waals surface area contributed by atoms with E-state index in [0.717, 1.165) is 24.8 Å². The highest BCUT2D eigenvalue weighted by molar-refractivity contribution is 7.10. The van der Waals surface area contributed by atoms with Crippen LogP contribution in [-0.2, 0) is 0 Å². The Bertz CT molecular complexity index is 777. The Balaban J connectivity index is 1.56. The van der Waals surface area contributed by atoms with Gasteiger partial charge in [-0.15, -0.1) is 11.3 Å². The molecule has 1 aromatic carbocycles. The van der Waals surface area contributed by atoms with Crippen LogP contribution in [0.2, 0.25) is 0 Å². The number of hydrogen-bond acceptors (Lipinski definition) is 4. The van der Waals surface area contributed by atoms with Crippen molar-refractivity contribution in [1.82, 2.24) is 15.5 Å². The number of guanidine groups is 1. The van der Waals surface area contributed by atoms with Crippen molar-refractivity contribution in [2.45, 2.75) is 31.7 Å². The number of benzene rings is 1. The van der Waals surface area contributed by atoms with E-state index >= 15 is 0 Å². The van der Waals surface area contributed by atoms with Gasteiger partial charge in [-0.05, 0) is 55.4 Å². The number of ether oxygens (including phenoxy) is 1. The zero-order chi connectivity index (χ0) is 20.6. The van der Waals surface area contributed by atoms with Crippen LogP contribution in [0.15, 0.2) is 46.8 Å². The SMILES string of the molecule is CN=C(NCC(C)c1ccccc1OC)NCC1CCCN(C)C1c1cccs1. The molecule has 2 N–H and O–H groups in total. The van der Waals surface area contributed by atoms with E-state index in [1.807, 2.05) is 30.5 Å². The van der Waals surface area contributed by atoms with E-state index in [0.29, 0.717) is 17.9 Å². The van der Waals surface area contributed by atoms with Gasteiger partial charge in [0, 0.05) is 37.0 Å². The average molecular weight is 415 g/mol. The van der Waals surface area contributed by atoms with Crippen molar-refractivity contribution in [3.05, 3.63) is 52.2 Å². The minimum atomic E-state index is 0.324. The number of rotatable bonds is 7. The summed E-state index contributed by atoms with van der Waals surface area (Å²) >= 11 is 1.87. The molecule has 1 saturated heterocycles. The quantitative estimate of drug-likeness (QED) is 0.529. The van der Waals surface area contributed by atoms with Crippen LogP contribution in [0.25, 0.3) is 0 Å². The molecule has 0 bridgehead atoms. The first-order valence-corrected chi connectivity index (χ1v) is 11.3. The molecular weight excluding hydrogens is 380 g/mol. The monoisotopic (exact) mass is 414 g/mol. The van der Waals surface area contributed by atoms with Crippen LogP contribution in [-0.4, -0.2) is 51.7 Å². The van der Waals surface area contributed by atoms with Crippen molar-refractivity contribution < 1.29 is 4.74 Å². The summed E-state index contributed by atoms with van der Waals surface area (Å²) in [5.41, 5.74) is 1.21. The number of likely N-dealkylation sites (tertiary alicyclic amines) is 1. The fourth-order valence-corrected chi connectivity index (χ4v) is 5.25. The first-order valence-electron chi connectivity index (χ1n) is 10.4. The summed E-state index contributed by atoms with van der Waals surface area (Å²) in [6.45, 7) is 5.11. The first-order chi connectivity index (χ1) is 14.1. The number of nitrogens with one attached hydrogen (secondary N) is 2. The molecule has 0 aliphatic carbocycles. The minimum Gasteiger partial charge on any atom is -0.496 e. The van der Waals surface area contributed by atoms with Gasteiger partial charge in [0.05, 0.1) is 7.11 Å². The van der Waals surface area contributed by atoms with Gasteiger partial charge in [-0.1, -0.05) is 31.2 Å². The van der Waals surface area contributed by atoms with Crippen LogP contribution in [0.4, 0.5) is 0 Å². The van der Waals surface area contributed by atoms with Gasteiger partial charge in [0.1, 0.15) is 5.75 Å². The molecule has 0 spiro atoms. The van der Waals surface area contributed by atoms with Gasteiger partial charge >= 0.3 is 0 Å². The smallest absolute Gasteiger partial charge is 0.191 e. The molecule has 158 valence electrons. The normalized spacial score (nSPS) is 21.6. The van der Waals surface area contributed by atoms with Crippen molar-refractivity contribution in [3.8, 4) is 5.75 Å². The van der Waals surface area contributed by atoms with E-state index in [1.165, 1.54) is 29.8 Å². The Morgan fingerprint density at radius 2 is 2.10 bits per heavy atom. The lowest BCUT2D eigenvalue weighted by molar-refractivity contribution is 0.125. The number of aliphatic imine (C=N–C) groups is 1. The second-order valence-electron chi connectivity index (χ2n) is 7.82. The highest BCUT2D eigenvalue weighted by Crippen LogP contribution is 2.36. The second-order valence-corrected chi connectivity index (χ2v) is 8.80. The van der Waals surface area contributed by atoms with Crippen molar-refractivity contribution in [3.63, 3.8) is 0 Å². The molecule has 3 unspecified atom stereocenters. The van der Waals surface area contributed by atoms with Crippen molar-refractivity contribution in [2.24, 2.45) is 10.9 Å². The third kappa shape index (κ3) is 5.52. The van der Waals surface area contributed by atoms with Crippen LogP contribution in [0.5, 0.6) is 5.75 Å². The fraction of sp³-hybridized carbons (Fsp3) is 0.522. The molecule has 5 nitrogen and oxygen atoms in total. The molecular formula is C23H34N4OS. The summed E-state index contributed by atoms with van der Waals surface area (Å²) in [7, 11) is 5.82. The summed E-state index contributed by atoms with van der Waals surface area (Å²) in [5, 5.41) is 9.25. The standard InChI is InChI=1S/C23H34N4OS/c1-17(19-10-5-6-11-20(19)28-4)15-25-23(24-2)26-16-18-9-7-13-27(3)22(18)21-12-8-14-29-21/h5-6,8,10-12,14,17-18,22H,7,9,13,15-16H2,1-4H3,(H2,24,25,26). The lowest BCUT2D eigenvalue weighted by atomic mass is 9.88. The molecule has 2 aromatic rings. The summed E-state index contributed by atoms with van der Waals surface area (Å²) in [6, 6.07) is 13.1. The van der Waals surface area contributed by atoms with Gasteiger partial charge in [0.15, 0.2) is 5.96 Å². The molecule has 2 heterocycles. The molecule has 3 atom stereocenters. The van der Waals surface area contributed by atoms with Gasteiger partial charge < -0.3 is 15.4 Å². The Hall–Kier alpha value is -2.05. The predicted molar refractivity (Wildman–Crippen MR) is 123 cm³/mol. The van der Waals surface area contributed by atoms with Gasteiger partial charge in [0.25, 0.3) is 0 Å². The zero-order valence-electron chi connectivity index (χ0n) is 18.0. The van der Waals surface area contributed by atoms with Crippen molar-refractivity contribution in [1.29, 1.82) is 0 Å². The van der Waals surface area contributed by atoms with Gasteiger partial charge in [-0.25, -0.2) is 0 Å². The first kappa shape index (κ1) is 21.7. The zero-order valence-corrected chi connectivity index (χ0v) is 18.8. The molecule has 1 fully saturated rings. The third-order valence-corrected chi connectivity index (χ3v) is 6.79. The molecule has 0 saturated carbocycles. The highest BCUT2D eigenvalue weighted by Gasteiger charge is 2.31. The molecule has 0 amide bonds. The van der Waals surface area contributed by atoms with Crippen LogP contribution < -0.4 is 15.4 Å². The van der Waals surface area contributed by atoms with Gasteiger partial charge in [-0.3, -0.25) is 9.89 Å². The molecule has 0 radical (unpaired) electrons. The number of hydrogen-bond donors (Lipinski definition) is 2. The van der Waals surface area contributed by atoms with E-state index in [1.54, 1.807) is 7.11 Å². The number of piperidine rings is 1.